The lowest BCUT2D eigenvalue weighted by atomic mass is 10.2. The molecule has 0 heterocycles. The second-order valence-corrected chi connectivity index (χ2v) is 4.50. The number of guanidine groups is 1. The van der Waals surface area contributed by atoms with Crippen molar-refractivity contribution in [3.05, 3.63) is 34.1 Å². The quantitative estimate of drug-likeness (QED) is 0.437. The van der Waals surface area contributed by atoms with Crippen LogP contribution in [0.1, 0.15) is 18.9 Å². The van der Waals surface area contributed by atoms with Gasteiger partial charge >= 0.3 is 0 Å². The fraction of sp³-hybridized carbons (Fsp3) is 0.417. The summed E-state index contributed by atoms with van der Waals surface area (Å²) in [7, 11) is 1.70. The first-order valence-electron chi connectivity index (χ1n) is 5.55. The summed E-state index contributed by atoms with van der Waals surface area (Å²) in [5.41, 5.74) is 0.618. The van der Waals surface area contributed by atoms with Crippen molar-refractivity contribution in [3.8, 4) is 0 Å². The Morgan fingerprint density at radius 2 is 2.11 bits per heavy atom. The first-order valence-corrected chi connectivity index (χ1v) is 6.35. The lowest BCUT2D eigenvalue weighted by molar-refractivity contribution is 0.603. The second-order valence-electron chi connectivity index (χ2n) is 3.59. The van der Waals surface area contributed by atoms with Gasteiger partial charge in [-0.05, 0) is 18.6 Å². The van der Waals surface area contributed by atoms with E-state index in [-0.39, 0.29) is 29.8 Å². The maximum atomic E-state index is 13.5. The molecule has 1 aromatic rings. The molecule has 0 saturated heterocycles. The van der Waals surface area contributed by atoms with Gasteiger partial charge in [0.25, 0.3) is 0 Å². The average Bonchev–Trinajstić information content (AvgIpc) is 2.31. The van der Waals surface area contributed by atoms with Gasteiger partial charge in [-0.25, -0.2) is 4.39 Å². The van der Waals surface area contributed by atoms with E-state index in [0.29, 0.717) is 18.1 Å². The maximum Gasteiger partial charge on any atom is 0.191 e. The molecule has 0 aromatic heterocycles. The van der Waals surface area contributed by atoms with Crippen LogP contribution in [0.3, 0.4) is 0 Å². The minimum absolute atomic E-state index is 0. The largest absolute Gasteiger partial charge is 0.356 e. The highest BCUT2D eigenvalue weighted by Crippen LogP contribution is 2.14. The highest BCUT2D eigenvalue weighted by molar-refractivity contribution is 14.0. The topological polar surface area (TPSA) is 36.4 Å². The maximum absolute atomic E-state index is 13.5. The van der Waals surface area contributed by atoms with E-state index in [1.165, 1.54) is 6.07 Å². The number of aliphatic imine (C=N–C) groups is 1. The third kappa shape index (κ3) is 5.99. The molecule has 0 fully saturated rings. The molecular weight excluding hydrogens is 412 g/mol. The summed E-state index contributed by atoms with van der Waals surface area (Å²) in [6.07, 6.45) is 1.02. The summed E-state index contributed by atoms with van der Waals surface area (Å²) in [5.74, 6) is 0.465. The highest BCUT2D eigenvalue weighted by Gasteiger charge is 2.03. The van der Waals surface area contributed by atoms with Crippen molar-refractivity contribution >= 4 is 45.9 Å². The van der Waals surface area contributed by atoms with Gasteiger partial charge < -0.3 is 10.6 Å². The predicted molar refractivity (Wildman–Crippen MR) is 88.0 cm³/mol. The molecule has 18 heavy (non-hydrogen) atoms. The molecule has 2 N–H and O–H groups in total. The number of nitrogens with zero attached hydrogens (tertiary/aromatic N) is 1. The summed E-state index contributed by atoms with van der Waals surface area (Å²) in [6.45, 7) is 3.35. The van der Waals surface area contributed by atoms with E-state index in [1.807, 2.05) is 6.07 Å². The Kier molecular flexibility index (Phi) is 9.35. The Morgan fingerprint density at radius 3 is 2.67 bits per heavy atom. The lowest BCUT2D eigenvalue weighted by Gasteiger charge is -2.11. The summed E-state index contributed by atoms with van der Waals surface area (Å²) in [6, 6.07) is 5.03. The fourth-order valence-electron chi connectivity index (χ4n) is 1.31. The van der Waals surface area contributed by atoms with E-state index in [1.54, 1.807) is 13.1 Å². The van der Waals surface area contributed by atoms with Crippen molar-refractivity contribution in [1.29, 1.82) is 0 Å². The van der Waals surface area contributed by atoms with E-state index < -0.39 is 0 Å². The second kappa shape index (κ2) is 9.55. The molecule has 0 aliphatic carbocycles. The van der Waals surface area contributed by atoms with E-state index in [0.717, 1.165) is 17.4 Å². The average molecular weight is 430 g/mol. The highest BCUT2D eigenvalue weighted by atomic mass is 127. The van der Waals surface area contributed by atoms with Crippen LogP contribution in [0.2, 0.25) is 0 Å². The molecule has 6 heteroatoms. The molecule has 3 nitrogen and oxygen atoms in total. The van der Waals surface area contributed by atoms with Gasteiger partial charge in [0.2, 0.25) is 0 Å². The standard InChI is InChI=1S/C12H17BrFN3.HI/c1-3-6-16-12(15-2)17-8-9-4-5-10(13)7-11(9)14;/h4-5,7H,3,6,8H2,1-2H3,(H2,15,16,17);1H. The van der Waals surface area contributed by atoms with Gasteiger partial charge in [0, 0.05) is 30.2 Å². The normalized spacial score (nSPS) is 10.8. The van der Waals surface area contributed by atoms with Crippen LogP contribution < -0.4 is 10.6 Å². The van der Waals surface area contributed by atoms with E-state index in [4.69, 9.17) is 0 Å². The molecule has 1 rings (SSSR count). The Labute approximate surface area is 133 Å². The molecule has 0 aliphatic heterocycles. The summed E-state index contributed by atoms with van der Waals surface area (Å²) in [5, 5.41) is 6.19. The smallest absolute Gasteiger partial charge is 0.191 e. The summed E-state index contributed by atoms with van der Waals surface area (Å²) in [4.78, 5) is 4.05. The van der Waals surface area contributed by atoms with Crippen LogP contribution in [0, 0.1) is 5.82 Å². The molecule has 0 atom stereocenters. The molecule has 0 amide bonds. The Bertz CT molecular complexity index is 399. The van der Waals surface area contributed by atoms with Crippen molar-refractivity contribution in [3.63, 3.8) is 0 Å². The number of benzene rings is 1. The molecule has 0 unspecified atom stereocenters. The monoisotopic (exact) mass is 429 g/mol. The number of hydrogen-bond acceptors (Lipinski definition) is 1. The van der Waals surface area contributed by atoms with Crippen LogP contribution in [-0.4, -0.2) is 19.6 Å². The first-order chi connectivity index (χ1) is 8.17. The molecule has 0 saturated carbocycles. The SMILES string of the molecule is CCCNC(=NC)NCc1ccc(Br)cc1F.I. The molecule has 0 radical (unpaired) electrons. The van der Waals surface area contributed by atoms with Crippen LogP contribution in [0.15, 0.2) is 27.7 Å². The van der Waals surface area contributed by atoms with Crippen molar-refractivity contribution in [1.82, 2.24) is 10.6 Å². The number of hydrogen-bond donors (Lipinski definition) is 2. The van der Waals surface area contributed by atoms with Gasteiger partial charge in [0.15, 0.2) is 5.96 Å². The van der Waals surface area contributed by atoms with Gasteiger partial charge in [-0.15, -0.1) is 24.0 Å². The molecule has 0 bridgehead atoms. The predicted octanol–water partition coefficient (Wildman–Crippen LogP) is 3.28. The number of nitrogens with one attached hydrogen (secondary N) is 2. The molecule has 102 valence electrons. The third-order valence-electron chi connectivity index (χ3n) is 2.23. The molecular formula is C12H18BrFIN3. The van der Waals surface area contributed by atoms with Crippen molar-refractivity contribution in [2.75, 3.05) is 13.6 Å². The zero-order valence-corrected chi connectivity index (χ0v) is 14.4. The van der Waals surface area contributed by atoms with Gasteiger partial charge in [-0.3, -0.25) is 4.99 Å². The fourth-order valence-corrected chi connectivity index (χ4v) is 1.64. The molecule has 0 aliphatic rings. The minimum Gasteiger partial charge on any atom is -0.356 e. The first kappa shape index (κ1) is 17.6. The van der Waals surface area contributed by atoms with Crippen LogP contribution in [0.25, 0.3) is 0 Å². The summed E-state index contributed by atoms with van der Waals surface area (Å²) >= 11 is 3.23. The number of halogens is 3. The minimum atomic E-state index is -0.224. The third-order valence-corrected chi connectivity index (χ3v) is 2.72. The Balaban J connectivity index is 0.00000289. The van der Waals surface area contributed by atoms with Gasteiger partial charge in [0.1, 0.15) is 5.82 Å². The number of rotatable bonds is 4. The van der Waals surface area contributed by atoms with Gasteiger partial charge in [0.05, 0.1) is 0 Å². The van der Waals surface area contributed by atoms with Crippen LogP contribution in [-0.2, 0) is 6.54 Å². The van der Waals surface area contributed by atoms with Crippen LogP contribution >= 0.6 is 39.9 Å². The Hall–Kier alpha value is -0.370. The van der Waals surface area contributed by atoms with Gasteiger partial charge in [-0.2, -0.15) is 0 Å². The zero-order chi connectivity index (χ0) is 12.7. The molecule has 0 spiro atoms. The molecule has 1 aromatic carbocycles. The van der Waals surface area contributed by atoms with Crippen molar-refractivity contribution < 1.29 is 4.39 Å². The van der Waals surface area contributed by atoms with E-state index in [2.05, 4.69) is 38.5 Å². The van der Waals surface area contributed by atoms with Crippen LogP contribution in [0.4, 0.5) is 4.39 Å². The van der Waals surface area contributed by atoms with E-state index >= 15 is 0 Å². The Morgan fingerprint density at radius 1 is 1.39 bits per heavy atom. The van der Waals surface area contributed by atoms with Crippen molar-refractivity contribution in [2.45, 2.75) is 19.9 Å². The van der Waals surface area contributed by atoms with Crippen molar-refractivity contribution in [2.24, 2.45) is 4.99 Å². The summed E-state index contributed by atoms with van der Waals surface area (Å²) < 4.78 is 14.3. The van der Waals surface area contributed by atoms with Gasteiger partial charge in [-0.1, -0.05) is 28.9 Å². The lowest BCUT2D eigenvalue weighted by Crippen LogP contribution is -2.37. The van der Waals surface area contributed by atoms with Crippen LogP contribution in [0.5, 0.6) is 0 Å². The zero-order valence-electron chi connectivity index (χ0n) is 10.5. The van der Waals surface area contributed by atoms with E-state index in [9.17, 15) is 4.39 Å².